The van der Waals surface area contributed by atoms with Gasteiger partial charge in [0.15, 0.2) is 11.7 Å². The Kier molecular flexibility index (Phi) is 3.63. The van der Waals surface area contributed by atoms with E-state index in [0.29, 0.717) is 11.0 Å². The molecule has 0 unspecified atom stereocenters. The van der Waals surface area contributed by atoms with Gasteiger partial charge in [-0.25, -0.2) is 13.2 Å². The summed E-state index contributed by atoms with van der Waals surface area (Å²) in [7, 11) is -3.74. The van der Waals surface area contributed by atoms with E-state index in [1.807, 2.05) is 0 Å². The number of rotatable bonds is 5. The van der Waals surface area contributed by atoms with Crippen molar-refractivity contribution in [2.45, 2.75) is 18.6 Å². The van der Waals surface area contributed by atoms with E-state index >= 15 is 0 Å². The topological polar surface area (TPSA) is 99.9 Å². The summed E-state index contributed by atoms with van der Waals surface area (Å²) in [4.78, 5) is 10.9. The minimum atomic E-state index is -3.74. The maximum absolute atomic E-state index is 12.1. The smallest absolute Gasteiger partial charge is 0.445 e. The molecule has 2 aromatic heterocycles. The predicted octanol–water partition coefficient (Wildman–Crippen LogP) is 2.24. The molecule has 22 heavy (non-hydrogen) atoms. The zero-order valence-corrected chi connectivity index (χ0v) is 12.4. The number of hydrogen-bond acceptors (Lipinski definition) is 7. The summed E-state index contributed by atoms with van der Waals surface area (Å²) in [5.41, 5.74) is 0.484. The normalized spacial score (nSPS) is 12.0. The molecule has 8 heteroatoms. The first-order valence-corrected chi connectivity index (χ1v) is 7.99. The number of para-hydroxylation sites is 1. The van der Waals surface area contributed by atoms with Crippen molar-refractivity contribution in [2.75, 3.05) is 5.94 Å². The van der Waals surface area contributed by atoms with Gasteiger partial charge < -0.3 is 18.0 Å². The van der Waals surface area contributed by atoms with Crippen molar-refractivity contribution < 1.29 is 26.4 Å². The third kappa shape index (κ3) is 2.83. The maximum Gasteiger partial charge on any atom is 0.519 e. The Balaban J connectivity index is 1.73. The molecule has 116 valence electrons. The summed E-state index contributed by atoms with van der Waals surface area (Å²) >= 11 is 0. The van der Waals surface area contributed by atoms with E-state index in [1.165, 1.54) is 13.0 Å². The van der Waals surface area contributed by atoms with E-state index in [1.54, 1.807) is 24.3 Å². The highest BCUT2D eigenvalue weighted by Gasteiger charge is 2.21. The van der Waals surface area contributed by atoms with Crippen molar-refractivity contribution in [3.63, 3.8) is 0 Å². The van der Waals surface area contributed by atoms with Crippen LogP contribution in [-0.4, -0.2) is 14.4 Å². The summed E-state index contributed by atoms with van der Waals surface area (Å²) in [6.07, 6.45) is 0. The van der Waals surface area contributed by atoms with Gasteiger partial charge in [-0.2, -0.15) is 0 Å². The van der Waals surface area contributed by atoms with Gasteiger partial charge in [0.25, 0.3) is 0 Å². The molecule has 0 amide bonds. The Morgan fingerprint density at radius 3 is 2.59 bits per heavy atom. The molecule has 3 rings (SSSR count). The molecule has 2 heterocycles. The molecule has 0 aliphatic carbocycles. The zero-order chi connectivity index (χ0) is 15.7. The largest absolute Gasteiger partial charge is 0.519 e. The van der Waals surface area contributed by atoms with E-state index in [0.717, 1.165) is 0 Å². The minimum Gasteiger partial charge on any atom is -0.445 e. The molecule has 0 N–H and O–H groups in total. The van der Waals surface area contributed by atoms with Crippen LogP contribution in [-0.2, 0) is 21.2 Å². The molecular weight excluding hydrogens is 312 g/mol. The number of furan rings is 1. The Morgan fingerprint density at radius 1 is 1.14 bits per heavy atom. The highest BCUT2D eigenvalue weighted by Crippen LogP contribution is 2.23. The van der Waals surface area contributed by atoms with Gasteiger partial charge in [0.2, 0.25) is 14.9 Å². The quantitative estimate of drug-likeness (QED) is 0.709. The molecule has 0 spiro atoms. The maximum atomic E-state index is 12.1. The van der Waals surface area contributed by atoms with Crippen LogP contribution >= 0.6 is 0 Å². The number of benzene rings is 1. The number of fused-ring (bicyclic) bond motifs is 1. The number of aryl methyl sites for hydroxylation is 1. The highest BCUT2D eigenvalue weighted by atomic mass is 32.2. The van der Waals surface area contributed by atoms with Crippen molar-refractivity contribution in [1.29, 1.82) is 0 Å². The Morgan fingerprint density at radius 2 is 1.91 bits per heavy atom. The van der Waals surface area contributed by atoms with Crippen LogP contribution in [0.15, 0.2) is 53.5 Å². The first-order valence-electron chi connectivity index (χ1n) is 6.34. The van der Waals surface area contributed by atoms with Crippen molar-refractivity contribution in [3.8, 4) is 0 Å². The van der Waals surface area contributed by atoms with Crippen molar-refractivity contribution >= 4 is 20.8 Å². The van der Waals surface area contributed by atoms with Gasteiger partial charge in [-0.05, 0) is 13.0 Å². The number of sulfone groups is 1. The molecule has 0 saturated carbocycles. The van der Waals surface area contributed by atoms with E-state index in [-0.39, 0.29) is 23.2 Å². The van der Waals surface area contributed by atoms with Gasteiger partial charge in [0, 0.05) is 11.5 Å². The number of ether oxygens (including phenoxy) is 1. The van der Waals surface area contributed by atoms with Crippen LogP contribution in [0, 0.1) is 6.92 Å². The lowest BCUT2D eigenvalue weighted by Crippen LogP contribution is -2.09. The van der Waals surface area contributed by atoms with Gasteiger partial charge in [0.05, 0.1) is 0 Å². The Bertz CT molecular complexity index is 925. The van der Waals surface area contributed by atoms with Gasteiger partial charge in [-0.15, -0.1) is 0 Å². The van der Waals surface area contributed by atoms with Gasteiger partial charge in [-0.1, -0.05) is 18.2 Å². The molecule has 0 aliphatic heterocycles. The van der Waals surface area contributed by atoms with Crippen molar-refractivity contribution in [2.24, 2.45) is 0 Å². The highest BCUT2D eigenvalue weighted by molar-refractivity contribution is 7.91. The van der Waals surface area contributed by atoms with Gasteiger partial charge in [-0.3, -0.25) is 0 Å². The summed E-state index contributed by atoms with van der Waals surface area (Å²) in [6, 6.07) is 8.41. The first-order chi connectivity index (χ1) is 10.5. The van der Waals surface area contributed by atoms with Crippen LogP contribution in [0.2, 0.25) is 0 Å². The second kappa shape index (κ2) is 5.47. The predicted molar refractivity (Wildman–Crippen MR) is 75.0 cm³/mol. The van der Waals surface area contributed by atoms with Crippen LogP contribution in [0.3, 0.4) is 0 Å². The molecule has 7 nitrogen and oxygen atoms in total. The molecule has 0 radical (unpaired) electrons. The summed E-state index contributed by atoms with van der Waals surface area (Å²) < 4.78 is 44.1. The molecule has 0 atom stereocenters. The van der Waals surface area contributed by atoms with Crippen LogP contribution < -0.4 is 5.82 Å². The van der Waals surface area contributed by atoms with E-state index in [2.05, 4.69) is 4.42 Å². The second-order valence-corrected chi connectivity index (χ2v) is 6.49. The monoisotopic (exact) mass is 324 g/mol. The SMILES string of the molecule is Cc1oc(=O)oc1COCS(=O)(=O)c1cc2ccccc2o1. The lowest BCUT2D eigenvalue weighted by atomic mass is 10.3. The lowest BCUT2D eigenvalue weighted by molar-refractivity contribution is 0.142. The molecule has 3 aromatic rings. The summed E-state index contributed by atoms with van der Waals surface area (Å²) in [6.45, 7) is 1.34. The average Bonchev–Trinajstić information content (AvgIpc) is 3.02. The standard InChI is InChI=1S/C14H12O7S/c1-9-12(21-14(15)19-9)7-18-8-22(16,17)13-6-10-4-2-3-5-11(10)20-13/h2-6H,7-8H2,1H3. The summed E-state index contributed by atoms with van der Waals surface area (Å²) in [5, 5.41) is 0.525. The van der Waals surface area contributed by atoms with E-state index in [4.69, 9.17) is 13.6 Å². The molecule has 1 aromatic carbocycles. The third-order valence-electron chi connectivity index (χ3n) is 3.02. The lowest BCUT2D eigenvalue weighted by Gasteiger charge is -2.01. The fraction of sp³-hybridized carbons (Fsp3) is 0.214. The molecule has 0 bridgehead atoms. The zero-order valence-electron chi connectivity index (χ0n) is 11.6. The van der Waals surface area contributed by atoms with E-state index in [9.17, 15) is 13.2 Å². The van der Waals surface area contributed by atoms with Crippen LogP contribution in [0.25, 0.3) is 11.0 Å². The average molecular weight is 324 g/mol. The molecular formula is C14H12O7S. The van der Waals surface area contributed by atoms with E-state index < -0.39 is 21.6 Å². The van der Waals surface area contributed by atoms with Crippen LogP contribution in [0.5, 0.6) is 0 Å². The fourth-order valence-corrected chi connectivity index (χ4v) is 2.86. The fourth-order valence-electron chi connectivity index (χ4n) is 1.92. The first kappa shape index (κ1) is 14.6. The van der Waals surface area contributed by atoms with Crippen molar-refractivity contribution in [3.05, 3.63) is 52.5 Å². The Hall–Kier alpha value is -2.32. The second-order valence-electron chi connectivity index (χ2n) is 4.62. The Labute approximate surface area is 125 Å². The molecule has 0 aliphatic rings. The van der Waals surface area contributed by atoms with Gasteiger partial charge in [0.1, 0.15) is 18.0 Å². The van der Waals surface area contributed by atoms with Crippen LogP contribution in [0.4, 0.5) is 0 Å². The number of hydrogen-bond donors (Lipinski definition) is 0. The van der Waals surface area contributed by atoms with Gasteiger partial charge >= 0.3 is 5.82 Å². The minimum absolute atomic E-state index is 0.157. The molecule has 0 fully saturated rings. The molecule has 0 saturated heterocycles. The van der Waals surface area contributed by atoms with Crippen LogP contribution in [0.1, 0.15) is 11.5 Å². The summed E-state index contributed by atoms with van der Waals surface area (Å²) in [5.74, 6) is -1.03. The third-order valence-corrected chi connectivity index (χ3v) is 4.31. The van der Waals surface area contributed by atoms with Crippen molar-refractivity contribution in [1.82, 2.24) is 0 Å².